The smallest absolute Gasteiger partial charge is 0.274 e. The van der Waals surface area contributed by atoms with E-state index in [2.05, 4.69) is 20.1 Å². The number of pyridine rings is 1. The highest BCUT2D eigenvalue weighted by Crippen LogP contribution is 2.13. The molecule has 1 saturated heterocycles. The van der Waals surface area contributed by atoms with Crippen molar-refractivity contribution in [3.05, 3.63) is 101 Å². The SMILES string of the molecule is O=C(NO)c1ccc(CN2CCN(Cc3ccc(C(=O)NCc4ccccn4)cc3)CC2)cc1. The molecule has 1 aliphatic heterocycles. The normalized spacial score (nSPS) is 14.5. The van der Waals surface area contributed by atoms with E-state index in [0.717, 1.165) is 50.5 Å². The van der Waals surface area contributed by atoms with Crippen LogP contribution in [0.25, 0.3) is 0 Å². The largest absolute Gasteiger partial charge is 0.346 e. The molecule has 2 aromatic carbocycles. The van der Waals surface area contributed by atoms with Crippen LogP contribution >= 0.6 is 0 Å². The number of carbonyl (C=O) groups excluding carboxylic acids is 2. The van der Waals surface area contributed by atoms with E-state index in [0.29, 0.717) is 17.7 Å². The molecule has 34 heavy (non-hydrogen) atoms. The molecule has 1 aromatic heterocycles. The molecule has 0 unspecified atom stereocenters. The van der Waals surface area contributed by atoms with E-state index in [4.69, 9.17) is 5.21 Å². The predicted octanol–water partition coefficient (Wildman–Crippen LogP) is 2.45. The minimum absolute atomic E-state index is 0.101. The Labute approximate surface area is 199 Å². The van der Waals surface area contributed by atoms with Crippen LogP contribution < -0.4 is 10.8 Å². The number of hydroxylamine groups is 1. The summed E-state index contributed by atoms with van der Waals surface area (Å²) in [6.45, 7) is 5.97. The molecule has 2 heterocycles. The Kier molecular flexibility index (Phi) is 7.98. The second-order valence-electron chi connectivity index (χ2n) is 8.39. The van der Waals surface area contributed by atoms with E-state index >= 15 is 0 Å². The molecule has 0 saturated carbocycles. The fourth-order valence-corrected chi connectivity index (χ4v) is 3.99. The van der Waals surface area contributed by atoms with Crippen molar-refractivity contribution in [2.75, 3.05) is 26.2 Å². The molecule has 0 radical (unpaired) electrons. The van der Waals surface area contributed by atoms with E-state index < -0.39 is 5.91 Å². The third-order valence-corrected chi connectivity index (χ3v) is 5.97. The molecule has 4 rings (SSSR count). The van der Waals surface area contributed by atoms with Gasteiger partial charge in [-0.25, -0.2) is 5.48 Å². The lowest BCUT2D eigenvalue weighted by molar-refractivity contribution is 0.0706. The molecule has 0 aliphatic carbocycles. The van der Waals surface area contributed by atoms with Gasteiger partial charge in [-0.3, -0.25) is 29.6 Å². The molecule has 3 N–H and O–H groups in total. The van der Waals surface area contributed by atoms with Gasteiger partial charge in [-0.2, -0.15) is 0 Å². The quantitative estimate of drug-likeness (QED) is 0.354. The van der Waals surface area contributed by atoms with E-state index in [-0.39, 0.29) is 5.91 Å². The lowest BCUT2D eigenvalue weighted by atomic mass is 10.1. The van der Waals surface area contributed by atoms with Gasteiger partial charge in [0.05, 0.1) is 12.2 Å². The van der Waals surface area contributed by atoms with Gasteiger partial charge in [0.1, 0.15) is 0 Å². The van der Waals surface area contributed by atoms with Crippen LogP contribution in [0.4, 0.5) is 0 Å². The number of rotatable bonds is 8. The number of piperazine rings is 1. The second kappa shape index (κ2) is 11.5. The Morgan fingerprint density at radius 2 is 1.29 bits per heavy atom. The van der Waals surface area contributed by atoms with Gasteiger partial charge in [0.15, 0.2) is 0 Å². The molecule has 0 spiro atoms. The maximum absolute atomic E-state index is 12.4. The van der Waals surface area contributed by atoms with Gasteiger partial charge in [-0.1, -0.05) is 30.3 Å². The number of benzene rings is 2. The van der Waals surface area contributed by atoms with E-state index in [1.807, 2.05) is 54.6 Å². The van der Waals surface area contributed by atoms with Crippen molar-refractivity contribution in [2.45, 2.75) is 19.6 Å². The van der Waals surface area contributed by atoms with Crippen molar-refractivity contribution in [3.8, 4) is 0 Å². The van der Waals surface area contributed by atoms with Crippen molar-refractivity contribution in [2.24, 2.45) is 0 Å². The topological polar surface area (TPSA) is 97.8 Å². The first kappa shape index (κ1) is 23.6. The van der Waals surface area contributed by atoms with Crippen molar-refractivity contribution in [1.29, 1.82) is 0 Å². The van der Waals surface area contributed by atoms with Crippen molar-refractivity contribution >= 4 is 11.8 Å². The summed E-state index contributed by atoms with van der Waals surface area (Å²) < 4.78 is 0. The number of aromatic nitrogens is 1. The lowest BCUT2D eigenvalue weighted by Crippen LogP contribution is -2.45. The van der Waals surface area contributed by atoms with Crippen LogP contribution in [0.15, 0.2) is 72.9 Å². The summed E-state index contributed by atoms with van der Waals surface area (Å²) in [5, 5.41) is 11.6. The average Bonchev–Trinajstić information content (AvgIpc) is 2.89. The number of hydrogen-bond acceptors (Lipinski definition) is 6. The summed E-state index contributed by atoms with van der Waals surface area (Å²) >= 11 is 0. The highest BCUT2D eigenvalue weighted by atomic mass is 16.5. The predicted molar refractivity (Wildman–Crippen MR) is 128 cm³/mol. The fourth-order valence-electron chi connectivity index (χ4n) is 3.99. The van der Waals surface area contributed by atoms with Gasteiger partial charge in [0.2, 0.25) is 0 Å². The summed E-state index contributed by atoms with van der Waals surface area (Å²) in [5.74, 6) is -0.603. The molecule has 1 aliphatic rings. The van der Waals surface area contributed by atoms with E-state index in [1.165, 1.54) is 5.56 Å². The number of hydrogen-bond donors (Lipinski definition) is 3. The molecule has 2 amide bonds. The van der Waals surface area contributed by atoms with Gasteiger partial charge < -0.3 is 5.32 Å². The van der Waals surface area contributed by atoms with Crippen LogP contribution in [0.5, 0.6) is 0 Å². The molecule has 3 aromatic rings. The molecular formula is C26H29N5O3. The minimum atomic E-state index is -0.502. The summed E-state index contributed by atoms with van der Waals surface area (Å²) in [5.41, 5.74) is 5.89. The first-order valence-electron chi connectivity index (χ1n) is 11.4. The molecule has 8 heteroatoms. The number of carbonyl (C=O) groups is 2. The van der Waals surface area contributed by atoms with E-state index in [9.17, 15) is 9.59 Å². The second-order valence-corrected chi connectivity index (χ2v) is 8.39. The van der Waals surface area contributed by atoms with Gasteiger partial charge >= 0.3 is 0 Å². The molecule has 176 valence electrons. The van der Waals surface area contributed by atoms with Crippen LogP contribution in [-0.4, -0.2) is 58.0 Å². The zero-order valence-corrected chi connectivity index (χ0v) is 19.0. The van der Waals surface area contributed by atoms with Crippen LogP contribution in [-0.2, 0) is 19.6 Å². The summed E-state index contributed by atoms with van der Waals surface area (Å²) in [6.07, 6.45) is 1.72. The summed E-state index contributed by atoms with van der Waals surface area (Å²) in [6, 6.07) is 20.7. The number of nitrogens with one attached hydrogen (secondary N) is 2. The third kappa shape index (κ3) is 6.48. The average molecular weight is 460 g/mol. The zero-order chi connectivity index (χ0) is 23.8. The third-order valence-electron chi connectivity index (χ3n) is 5.97. The standard InChI is InChI=1S/C26H29N5O3/c32-25(28-17-24-3-1-2-12-27-24)22-8-4-20(5-9-22)18-30-13-15-31(16-14-30)19-21-6-10-23(11-7-21)26(33)29-34/h1-12,34H,13-19H2,(H,28,32)(H,29,33). The molecule has 0 bridgehead atoms. The summed E-state index contributed by atoms with van der Waals surface area (Å²) in [7, 11) is 0. The van der Waals surface area contributed by atoms with Crippen LogP contribution in [0.3, 0.4) is 0 Å². The Balaban J connectivity index is 1.21. The minimum Gasteiger partial charge on any atom is -0.346 e. The molecular weight excluding hydrogens is 430 g/mol. The monoisotopic (exact) mass is 459 g/mol. The van der Waals surface area contributed by atoms with Crippen molar-refractivity contribution in [3.63, 3.8) is 0 Å². The number of nitrogens with zero attached hydrogens (tertiary/aromatic N) is 3. The van der Waals surface area contributed by atoms with Crippen LogP contribution in [0.1, 0.15) is 37.5 Å². The van der Waals surface area contributed by atoms with Gasteiger partial charge in [0, 0.05) is 56.6 Å². The maximum atomic E-state index is 12.4. The molecule has 1 fully saturated rings. The first-order valence-corrected chi connectivity index (χ1v) is 11.4. The first-order chi connectivity index (χ1) is 16.6. The van der Waals surface area contributed by atoms with Gasteiger partial charge in [-0.05, 0) is 47.5 Å². The summed E-state index contributed by atoms with van der Waals surface area (Å²) in [4.78, 5) is 32.9. The van der Waals surface area contributed by atoms with Gasteiger partial charge in [0.25, 0.3) is 11.8 Å². The fraction of sp³-hybridized carbons (Fsp3) is 0.269. The van der Waals surface area contributed by atoms with Crippen molar-refractivity contribution < 1.29 is 14.8 Å². The Morgan fingerprint density at radius 1 is 0.765 bits per heavy atom. The molecule has 0 atom stereocenters. The maximum Gasteiger partial charge on any atom is 0.274 e. The lowest BCUT2D eigenvalue weighted by Gasteiger charge is -2.34. The van der Waals surface area contributed by atoms with Crippen LogP contribution in [0, 0.1) is 0 Å². The Morgan fingerprint density at radius 3 is 1.76 bits per heavy atom. The Hall–Kier alpha value is -3.59. The Bertz CT molecular complexity index is 1080. The van der Waals surface area contributed by atoms with Gasteiger partial charge in [-0.15, -0.1) is 0 Å². The molecule has 8 nitrogen and oxygen atoms in total. The van der Waals surface area contributed by atoms with E-state index in [1.54, 1.807) is 23.8 Å². The zero-order valence-electron chi connectivity index (χ0n) is 19.0. The van der Waals surface area contributed by atoms with Crippen molar-refractivity contribution in [1.82, 2.24) is 25.6 Å². The number of amides is 2. The highest BCUT2D eigenvalue weighted by molar-refractivity contribution is 5.94. The van der Waals surface area contributed by atoms with Crippen LogP contribution in [0.2, 0.25) is 0 Å². The highest BCUT2D eigenvalue weighted by Gasteiger charge is 2.17.